The Labute approximate surface area is 108 Å². The summed E-state index contributed by atoms with van der Waals surface area (Å²) < 4.78 is 0. The molecule has 1 aliphatic carbocycles. The van der Waals surface area contributed by atoms with Gasteiger partial charge in [0.2, 0.25) is 0 Å². The lowest BCUT2D eigenvalue weighted by Crippen LogP contribution is -2.65. The van der Waals surface area contributed by atoms with Gasteiger partial charge < -0.3 is 10.2 Å². The van der Waals surface area contributed by atoms with Crippen LogP contribution in [0.2, 0.25) is 0 Å². The van der Waals surface area contributed by atoms with E-state index >= 15 is 0 Å². The molecule has 1 aromatic carbocycles. The Bertz CT molecular complexity index is 419. The van der Waals surface area contributed by atoms with Gasteiger partial charge >= 0.3 is 0 Å². The molecule has 1 unspecified atom stereocenters. The molecule has 3 nitrogen and oxygen atoms in total. The van der Waals surface area contributed by atoms with Crippen molar-refractivity contribution >= 4 is 0 Å². The Hall–Kier alpha value is -0.900. The first kappa shape index (κ1) is 12.2. The normalized spacial score (nSPS) is 26.4. The van der Waals surface area contributed by atoms with Crippen LogP contribution in [0.3, 0.4) is 0 Å². The van der Waals surface area contributed by atoms with Crippen LogP contribution in [0.1, 0.15) is 25.3 Å². The van der Waals surface area contributed by atoms with Crippen molar-refractivity contribution in [2.75, 3.05) is 19.6 Å². The van der Waals surface area contributed by atoms with E-state index in [1.807, 2.05) is 37.3 Å². The third kappa shape index (κ3) is 2.18. The molecule has 1 atom stereocenters. The van der Waals surface area contributed by atoms with E-state index in [4.69, 9.17) is 0 Å². The second-order valence-corrected chi connectivity index (χ2v) is 6.16. The summed E-state index contributed by atoms with van der Waals surface area (Å²) in [5.74, 6) is 0.510. The van der Waals surface area contributed by atoms with E-state index < -0.39 is 11.2 Å². The molecule has 0 bridgehead atoms. The van der Waals surface area contributed by atoms with Crippen molar-refractivity contribution in [1.82, 2.24) is 4.90 Å². The lowest BCUT2D eigenvalue weighted by Gasteiger charge is -2.49. The fraction of sp³-hybridized carbons (Fsp3) is 0.600. The van der Waals surface area contributed by atoms with Crippen molar-refractivity contribution in [2.45, 2.75) is 31.0 Å². The van der Waals surface area contributed by atoms with Crippen LogP contribution in [-0.4, -0.2) is 40.3 Å². The van der Waals surface area contributed by atoms with Gasteiger partial charge in [0, 0.05) is 19.6 Å². The van der Waals surface area contributed by atoms with Crippen molar-refractivity contribution in [3.05, 3.63) is 35.9 Å². The Morgan fingerprint density at radius 3 is 2.44 bits per heavy atom. The summed E-state index contributed by atoms with van der Waals surface area (Å²) in [5.41, 5.74) is -0.370. The molecule has 1 saturated carbocycles. The predicted octanol–water partition coefficient (Wildman–Crippen LogP) is 1.35. The summed E-state index contributed by atoms with van der Waals surface area (Å²) in [6.45, 7) is 3.85. The van der Waals surface area contributed by atoms with E-state index in [1.165, 1.54) is 12.8 Å². The number of rotatable bonds is 4. The van der Waals surface area contributed by atoms with Gasteiger partial charge in [0.25, 0.3) is 0 Å². The van der Waals surface area contributed by atoms with Crippen LogP contribution in [-0.2, 0) is 5.60 Å². The van der Waals surface area contributed by atoms with Crippen molar-refractivity contribution in [1.29, 1.82) is 0 Å². The summed E-state index contributed by atoms with van der Waals surface area (Å²) in [7, 11) is 0. The zero-order valence-electron chi connectivity index (χ0n) is 10.8. The second-order valence-electron chi connectivity index (χ2n) is 6.16. The molecule has 1 aliphatic heterocycles. The summed E-state index contributed by atoms with van der Waals surface area (Å²) in [5, 5.41) is 20.8. The molecule has 3 heteroatoms. The van der Waals surface area contributed by atoms with Gasteiger partial charge in [-0.15, -0.1) is 0 Å². The molecule has 1 heterocycles. The molecule has 2 aliphatic rings. The molecule has 0 spiro atoms. The van der Waals surface area contributed by atoms with Gasteiger partial charge in [-0.2, -0.15) is 0 Å². The number of benzene rings is 1. The number of hydrogen-bond acceptors (Lipinski definition) is 3. The highest BCUT2D eigenvalue weighted by Gasteiger charge is 2.52. The number of likely N-dealkylation sites (tertiary alicyclic amines) is 1. The van der Waals surface area contributed by atoms with Crippen LogP contribution in [0, 0.1) is 5.92 Å². The molecular weight excluding hydrogens is 226 g/mol. The zero-order valence-corrected chi connectivity index (χ0v) is 10.8. The standard InChI is InChI=1S/C15H21NO2/c1-14(17,12-5-3-2-4-6-12)9-16-10-15(18,11-16)13-7-8-13/h2-6,13,17-18H,7-11H2,1H3. The smallest absolute Gasteiger partial charge is 0.0994 e. The molecule has 0 aromatic heterocycles. The van der Waals surface area contributed by atoms with Crippen molar-refractivity contribution in [2.24, 2.45) is 5.92 Å². The number of nitrogens with zero attached hydrogens (tertiary/aromatic N) is 1. The van der Waals surface area contributed by atoms with Crippen LogP contribution in [0.5, 0.6) is 0 Å². The first-order valence-corrected chi connectivity index (χ1v) is 6.72. The Morgan fingerprint density at radius 1 is 1.28 bits per heavy atom. The van der Waals surface area contributed by atoms with Gasteiger partial charge in [-0.05, 0) is 31.2 Å². The number of aliphatic hydroxyl groups is 2. The average Bonchev–Trinajstić information content (AvgIpc) is 3.11. The highest BCUT2D eigenvalue weighted by Crippen LogP contribution is 2.45. The molecule has 2 fully saturated rings. The third-order valence-electron chi connectivity index (χ3n) is 4.26. The number of hydrogen-bond donors (Lipinski definition) is 2. The van der Waals surface area contributed by atoms with Crippen molar-refractivity contribution < 1.29 is 10.2 Å². The van der Waals surface area contributed by atoms with Gasteiger partial charge in [0.05, 0.1) is 11.2 Å². The maximum Gasteiger partial charge on any atom is 0.0994 e. The van der Waals surface area contributed by atoms with Gasteiger partial charge in [-0.25, -0.2) is 0 Å². The first-order chi connectivity index (χ1) is 8.50. The van der Waals surface area contributed by atoms with E-state index in [0.717, 1.165) is 5.56 Å². The lowest BCUT2D eigenvalue weighted by atomic mass is 9.86. The summed E-state index contributed by atoms with van der Waals surface area (Å²) in [6, 6.07) is 9.75. The van der Waals surface area contributed by atoms with Crippen molar-refractivity contribution in [3.8, 4) is 0 Å². The quantitative estimate of drug-likeness (QED) is 0.844. The molecule has 98 valence electrons. The minimum absolute atomic E-state index is 0.466. The SMILES string of the molecule is CC(O)(CN1CC(O)(C2CC2)C1)c1ccccc1. The van der Waals surface area contributed by atoms with E-state index in [9.17, 15) is 10.2 Å². The fourth-order valence-corrected chi connectivity index (χ4v) is 3.04. The van der Waals surface area contributed by atoms with Gasteiger partial charge in [0.1, 0.15) is 0 Å². The Kier molecular flexibility index (Phi) is 2.73. The minimum Gasteiger partial charge on any atom is -0.387 e. The summed E-state index contributed by atoms with van der Waals surface area (Å²) >= 11 is 0. The maximum absolute atomic E-state index is 10.5. The summed E-state index contributed by atoms with van der Waals surface area (Å²) in [6.07, 6.45) is 2.33. The highest BCUT2D eigenvalue weighted by molar-refractivity contribution is 5.22. The van der Waals surface area contributed by atoms with E-state index in [-0.39, 0.29) is 0 Å². The third-order valence-corrected chi connectivity index (χ3v) is 4.26. The molecule has 0 amide bonds. The predicted molar refractivity (Wildman–Crippen MR) is 70.1 cm³/mol. The molecule has 3 rings (SSSR count). The highest BCUT2D eigenvalue weighted by atomic mass is 16.3. The van der Waals surface area contributed by atoms with Crippen LogP contribution in [0.4, 0.5) is 0 Å². The van der Waals surface area contributed by atoms with E-state index in [2.05, 4.69) is 4.90 Å². The molecule has 18 heavy (non-hydrogen) atoms. The maximum atomic E-state index is 10.5. The lowest BCUT2D eigenvalue weighted by molar-refractivity contribution is -0.135. The molecule has 0 radical (unpaired) electrons. The van der Waals surface area contributed by atoms with Crippen LogP contribution < -0.4 is 0 Å². The fourth-order valence-electron chi connectivity index (χ4n) is 3.04. The monoisotopic (exact) mass is 247 g/mol. The first-order valence-electron chi connectivity index (χ1n) is 6.72. The van der Waals surface area contributed by atoms with Crippen LogP contribution >= 0.6 is 0 Å². The summed E-state index contributed by atoms with van der Waals surface area (Å²) in [4.78, 5) is 2.14. The zero-order chi connectivity index (χ0) is 12.8. The topological polar surface area (TPSA) is 43.7 Å². The largest absolute Gasteiger partial charge is 0.387 e. The van der Waals surface area contributed by atoms with E-state index in [1.54, 1.807) is 0 Å². The van der Waals surface area contributed by atoms with E-state index in [0.29, 0.717) is 25.6 Å². The molecule has 1 saturated heterocycles. The van der Waals surface area contributed by atoms with Crippen molar-refractivity contribution in [3.63, 3.8) is 0 Å². The number of β-amino-alcohol motifs (C(OH)–C–C–N with tert-alkyl or cyclic N) is 2. The Balaban J connectivity index is 1.60. The second kappa shape index (κ2) is 4.05. The van der Waals surface area contributed by atoms with Crippen LogP contribution in [0.25, 0.3) is 0 Å². The average molecular weight is 247 g/mol. The Morgan fingerprint density at radius 2 is 1.89 bits per heavy atom. The molecular formula is C15H21NO2. The van der Waals surface area contributed by atoms with Gasteiger partial charge in [0.15, 0.2) is 0 Å². The molecule has 2 N–H and O–H groups in total. The molecule has 1 aromatic rings. The van der Waals surface area contributed by atoms with Gasteiger partial charge in [-0.3, -0.25) is 4.90 Å². The van der Waals surface area contributed by atoms with Crippen LogP contribution in [0.15, 0.2) is 30.3 Å². The van der Waals surface area contributed by atoms with Gasteiger partial charge in [-0.1, -0.05) is 30.3 Å². The minimum atomic E-state index is -0.841.